The fraction of sp³-hybridized carbons (Fsp3) is 0.318. The molecule has 0 saturated carbocycles. The Morgan fingerprint density at radius 3 is 2.38 bits per heavy atom. The molecule has 0 fully saturated rings. The largest absolute Gasteiger partial charge is 0.478 e. The van der Waals surface area contributed by atoms with E-state index >= 15 is 0 Å². The van der Waals surface area contributed by atoms with Crippen LogP contribution in [0.3, 0.4) is 0 Å². The van der Waals surface area contributed by atoms with Crippen LogP contribution >= 0.6 is 0 Å². The van der Waals surface area contributed by atoms with Gasteiger partial charge in [0.15, 0.2) is 5.60 Å². The summed E-state index contributed by atoms with van der Waals surface area (Å²) in [7, 11) is 0. The Balaban J connectivity index is 1.85. The van der Waals surface area contributed by atoms with Crippen molar-refractivity contribution in [3.63, 3.8) is 0 Å². The summed E-state index contributed by atoms with van der Waals surface area (Å²) in [5.41, 5.74) is 0.882. The summed E-state index contributed by atoms with van der Waals surface area (Å²) in [6.07, 6.45) is 0. The number of carbonyl (C=O) groups excluding carboxylic acids is 2. The summed E-state index contributed by atoms with van der Waals surface area (Å²) in [6.45, 7) is 7.13. The van der Waals surface area contributed by atoms with Gasteiger partial charge in [-0.1, -0.05) is 26.0 Å². The van der Waals surface area contributed by atoms with Gasteiger partial charge < -0.3 is 15.2 Å². The molecular weight excluding hydrogens is 372 g/mol. The third-order valence-corrected chi connectivity index (χ3v) is 4.78. The molecule has 0 saturated heterocycles. The van der Waals surface area contributed by atoms with E-state index in [1.165, 1.54) is 23.1 Å². The van der Waals surface area contributed by atoms with Crippen LogP contribution in [-0.2, 0) is 9.59 Å². The third kappa shape index (κ3) is 4.23. The number of nitrogens with zero attached hydrogens (tertiary/aromatic N) is 1. The number of carboxylic acids is 1. The monoisotopic (exact) mass is 396 g/mol. The number of hydrogen-bond donors (Lipinski definition) is 2. The number of rotatable bonds is 5. The van der Waals surface area contributed by atoms with Gasteiger partial charge in [0.25, 0.3) is 5.91 Å². The predicted molar refractivity (Wildman–Crippen MR) is 110 cm³/mol. The molecule has 1 aliphatic rings. The zero-order valence-corrected chi connectivity index (χ0v) is 16.9. The Morgan fingerprint density at radius 1 is 1.14 bits per heavy atom. The normalized spacial score (nSPS) is 14.9. The summed E-state index contributed by atoms with van der Waals surface area (Å²) >= 11 is 0. The number of benzene rings is 2. The Kier molecular flexibility index (Phi) is 5.33. The number of carbonyl (C=O) groups is 3. The number of hydrogen-bond acceptors (Lipinski definition) is 4. The van der Waals surface area contributed by atoms with E-state index < -0.39 is 17.5 Å². The minimum atomic E-state index is -1.17. The predicted octanol–water partition coefficient (Wildman–Crippen LogP) is 3.65. The minimum absolute atomic E-state index is 0.00883. The second-order valence-electron chi connectivity index (χ2n) is 7.82. The van der Waals surface area contributed by atoms with E-state index in [1.807, 2.05) is 24.3 Å². The van der Waals surface area contributed by atoms with Crippen LogP contribution in [0.25, 0.3) is 0 Å². The lowest BCUT2D eigenvalue weighted by atomic mass is 10.0. The van der Waals surface area contributed by atoms with E-state index in [1.54, 1.807) is 13.8 Å². The van der Waals surface area contributed by atoms with Crippen LogP contribution in [0, 0.1) is 0 Å². The summed E-state index contributed by atoms with van der Waals surface area (Å²) in [5.74, 6) is -1.20. The number of carboxylic acid groups (broad SMARTS) is 1. The first-order valence-corrected chi connectivity index (χ1v) is 9.36. The Bertz CT molecular complexity index is 964. The second kappa shape index (κ2) is 7.58. The smallest absolute Gasteiger partial charge is 0.335 e. The van der Waals surface area contributed by atoms with Crippen LogP contribution in [0.15, 0.2) is 42.5 Å². The van der Waals surface area contributed by atoms with Crippen molar-refractivity contribution in [3.05, 3.63) is 53.6 Å². The molecule has 2 aromatic rings. The highest BCUT2D eigenvalue weighted by atomic mass is 16.5. The quantitative estimate of drug-likeness (QED) is 0.804. The van der Waals surface area contributed by atoms with Crippen molar-refractivity contribution in [2.45, 2.75) is 39.2 Å². The van der Waals surface area contributed by atoms with Gasteiger partial charge >= 0.3 is 5.97 Å². The standard InChI is InChI=1S/C22H24N2O5/c1-13(2)14-5-8-16(9-6-14)23-19(25)12-24-17-11-15(20(26)27)7-10-18(17)29-22(3,4)21(24)28/h5-11,13H,12H2,1-4H3,(H,23,25)(H,26,27). The van der Waals surface area contributed by atoms with Gasteiger partial charge in [-0.05, 0) is 55.7 Å². The summed E-state index contributed by atoms with van der Waals surface area (Å²) in [4.78, 5) is 38.1. The van der Waals surface area contributed by atoms with Gasteiger partial charge in [-0.3, -0.25) is 14.5 Å². The molecule has 7 heteroatoms. The van der Waals surface area contributed by atoms with E-state index in [0.29, 0.717) is 17.4 Å². The lowest BCUT2D eigenvalue weighted by Gasteiger charge is -2.38. The highest BCUT2D eigenvalue weighted by Gasteiger charge is 2.41. The molecule has 7 nitrogen and oxygen atoms in total. The number of ether oxygens (including phenoxy) is 1. The molecule has 1 heterocycles. The van der Waals surface area contributed by atoms with Gasteiger partial charge in [0, 0.05) is 5.69 Å². The van der Waals surface area contributed by atoms with Gasteiger partial charge in [-0.15, -0.1) is 0 Å². The number of anilines is 2. The SMILES string of the molecule is CC(C)c1ccc(NC(=O)CN2C(=O)C(C)(C)Oc3ccc(C(=O)O)cc32)cc1. The van der Waals surface area contributed by atoms with Gasteiger partial charge in [0.05, 0.1) is 11.3 Å². The topological polar surface area (TPSA) is 95.9 Å². The van der Waals surface area contributed by atoms with Crippen LogP contribution in [0.4, 0.5) is 11.4 Å². The second-order valence-corrected chi connectivity index (χ2v) is 7.82. The first kappa shape index (κ1) is 20.4. The fourth-order valence-electron chi connectivity index (χ4n) is 3.15. The van der Waals surface area contributed by atoms with Gasteiger partial charge in [0.1, 0.15) is 12.3 Å². The molecule has 0 radical (unpaired) electrons. The number of amides is 2. The molecule has 29 heavy (non-hydrogen) atoms. The Hall–Kier alpha value is -3.35. The first-order valence-electron chi connectivity index (χ1n) is 9.36. The molecule has 0 aromatic heterocycles. The van der Waals surface area contributed by atoms with Crippen LogP contribution in [-0.4, -0.2) is 35.0 Å². The molecule has 0 bridgehead atoms. The number of aromatic carboxylic acids is 1. The van der Waals surface area contributed by atoms with Crippen molar-refractivity contribution < 1.29 is 24.2 Å². The summed E-state index contributed by atoms with van der Waals surface area (Å²) in [6, 6.07) is 11.8. The molecule has 0 spiro atoms. The van der Waals surface area contributed by atoms with E-state index in [2.05, 4.69) is 19.2 Å². The van der Waals surface area contributed by atoms with Crippen molar-refractivity contribution in [1.82, 2.24) is 0 Å². The number of nitrogens with one attached hydrogen (secondary N) is 1. The molecule has 3 rings (SSSR count). The van der Waals surface area contributed by atoms with Crippen LogP contribution in [0.1, 0.15) is 49.5 Å². The van der Waals surface area contributed by atoms with Crippen molar-refractivity contribution in [1.29, 1.82) is 0 Å². The van der Waals surface area contributed by atoms with Crippen molar-refractivity contribution in [2.75, 3.05) is 16.8 Å². The van der Waals surface area contributed by atoms with Crippen LogP contribution in [0.5, 0.6) is 5.75 Å². The Morgan fingerprint density at radius 2 is 1.79 bits per heavy atom. The lowest BCUT2D eigenvalue weighted by molar-refractivity contribution is -0.133. The minimum Gasteiger partial charge on any atom is -0.478 e. The van der Waals surface area contributed by atoms with Gasteiger partial charge in [-0.25, -0.2) is 4.79 Å². The third-order valence-electron chi connectivity index (χ3n) is 4.78. The maximum atomic E-state index is 12.9. The highest BCUT2D eigenvalue weighted by molar-refractivity contribution is 6.08. The van der Waals surface area contributed by atoms with E-state index in [0.717, 1.165) is 5.56 Å². The van der Waals surface area contributed by atoms with Crippen molar-refractivity contribution >= 4 is 29.2 Å². The molecule has 2 N–H and O–H groups in total. The fourth-order valence-corrected chi connectivity index (χ4v) is 3.15. The lowest BCUT2D eigenvalue weighted by Crippen LogP contribution is -2.54. The maximum Gasteiger partial charge on any atom is 0.335 e. The number of fused-ring (bicyclic) bond motifs is 1. The average molecular weight is 396 g/mol. The molecule has 0 unspecified atom stereocenters. The molecule has 1 aliphatic heterocycles. The van der Waals surface area contributed by atoms with Crippen LogP contribution in [0.2, 0.25) is 0 Å². The molecular formula is C22H24N2O5. The molecule has 0 aliphatic carbocycles. The zero-order valence-electron chi connectivity index (χ0n) is 16.9. The van der Waals surface area contributed by atoms with E-state index in [9.17, 15) is 19.5 Å². The molecule has 0 atom stereocenters. The summed E-state index contributed by atoms with van der Waals surface area (Å²) in [5, 5.41) is 12.0. The molecule has 152 valence electrons. The average Bonchev–Trinajstić information content (AvgIpc) is 2.65. The van der Waals surface area contributed by atoms with E-state index in [4.69, 9.17) is 4.74 Å². The Labute approximate surface area is 169 Å². The summed E-state index contributed by atoms with van der Waals surface area (Å²) < 4.78 is 5.72. The maximum absolute atomic E-state index is 12.9. The van der Waals surface area contributed by atoms with Crippen molar-refractivity contribution in [3.8, 4) is 5.75 Å². The first-order chi connectivity index (χ1) is 13.6. The van der Waals surface area contributed by atoms with E-state index in [-0.39, 0.29) is 23.7 Å². The molecule has 2 amide bonds. The zero-order chi connectivity index (χ0) is 21.3. The van der Waals surface area contributed by atoms with Crippen LogP contribution < -0.4 is 15.0 Å². The van der Waals surface area contributed by atoms with Gasteiger partial charge in [-0.2, -0.15) is 0 Å². The highest BCUT2D eigenvalue weighted by Crippen LogP contribution is 2.38. The van der Waals surface area contributed by atoms with Gasteiger partial charge in [0.2, 0.25) is 5.91 Å². The van der Waals surface area contributed by atoms with Crippen molar-refractivity contribution in [2.24, 2.45) is 0 Å². The molecule has 2 aromatic carbocycles.